The van der Waals surface area contributed by atoms with E-state index in [1.165, 1.54) is 18.8 Å². The molecule has 3 saturated carbocycles. The quantitative estimate of drug-likeness (QED) is 0.348. The molecule has 2 aliphatic heterocycles. The van der Waals surface area contributed by atoms with Gasteiger partial charge < -0.3 is 28.5 Å². The number of ether oxygens (including phenoxy) is 5. The number of hydrogen-bond donors (Lipinski definition) is 0. The predicted octanol–water partition coefficient (Wildman–Crippen LogP) is 3.79. The van der Waals surface area contributed by atoms with Gasteiger partial charge in [0.05, 0.1) is 26.4 Å². The second kappa shape index (κ2) is 8.12. The molecule has 0 amide bonds. The van der Waals surface area contributed by atoms with E-state index in [9.17, 15) is 9.59 Å². The average Bonchev–Trinajstić information content (AvgIpc) is 3.57. The first-order valence-electron chi connectivity index (χ1n) is 13.2. The molecule has 6 aliphatic rings. The molecule has 188 valence electrons. The Morgan fingerprint density at radius 1 is 1.03 bits per heavy atom. The third-order valence-electron chi connectivity index (χ3n) is 10.5. The molecule has 0 aromatic carbocycles. The van der Waals surface area contributed by atoms with Gasteiger partial charge in [0.2, 0.25) is 5.79 Å². The molecule has 5 fully saturated rings. The zero-order valence-electron chi connectivity index (χ0n) is 20.5. The Hall–Kier alpha value is -1.28. The number of fused-ring (bicyclic) bond motifs is 5. The molecule has 34 heavy (non-hydrogen) atoms. The highest BCUT2D eigenvalue weighted by Gasteiger charge is 2.66. The summed E-state index contributed by atoms with van der Waals surface area (Å²) in [4.78, 5) is 24.6. The zero-order valence-corrected chi connectivity index (χ0v) is 20.5. The molecule has 7 nitrogen and oxygen atoms in total. The topological polar surface area (TPSA) is 80.3 Å². The molecular formula is C27H38O7. The Bertz CT molecular complexity index is 870. The van der Waals surface area contributed by atoms with E-state index in [-0.39, 0.29) is 23.9 Å². The third-order valence-corrected chi connectivity index (χ3v) is 10.5. The van der Waals surface area contributed by atoms with Crippen molar-refractivity contribution < 1.29 is 33.3 Å². The second-order valence-corrected chi connectivity index (χ2v) is 11.7. The van der Waals surface area contributed by atoms with Crippen LogP contribution in [0.4, 0.5) is 0 Å². The van der Waals surface area contributed by atoms with Crippen molar-refractivity contribution >= 4 is 12.3 Å². The molecule has 6 atom stereocenters. The summed E-state index contributed by atoms with van der Waals surface area (Å²) in [5, 5.41) is 0. The smallest absolute Gasteiger partial charge is 0.302 e. The van der Waals surface area contributed by atoms with Crippen LogP contribution < -0.4 is 0 Å². The fraction of sp³-hybridized carbons (Fsp3) is 0.852. The highest BCUT2D eigenvalue weighted by atomic mass is 16.8. The van der Waals surface area contributed by atoms with E-state index in [0.717, 1.165) is 51.4 Å². The van der Waals surface area contributed by atoms with E-state index in [2.05, 4.69) is 13.0 Å². The summed E-state index contributed by atoms with van der Waals surface area (Å²) < 4.78 is 29.8. The molecule has 0 bridgehead atoms. The van der Waals surface area contributed by atoms with Crippen molar-refractivity contribution in [3.05, 3.63) is 11.6 Å². The lowest BCUT2D eigenvalue weighted by molar-refractivity contribution is -0.247. The summed E-state index contributed by atoms with van der Waals surface area (Å²) in [6.45, 7) is 6.25. The zero-order chi connectivity index (χ0) is 23.6. The Morgan fingerprint density at radius 2 is 1.76 bits per heavy atom. The van der Waals surface area contributed by atoms with E-state index in [1.807, 2.05) is 0 Å². The van der Waals surface area contributed by atoms with Crippen LogP contribution in [0.3, 0.4) is 0 Å². The van der Waals surface area contributed by atoms with Gasteiger partial charge in [0.15, 0.2) is 5.79 Å². The van der Waals surface area contributed by atoms with Crippen LogP contribution in [0.25, 0.3) is 0 Å². The van der Waals surface area contributed by atoms with E-state index in [1.54, 1.807) is 0 Å². The Labute approximate surface area is 201 Å². The molecule has 0 aromatic heterocycles. The maximum Gasteiger partial charge on any atom is 0.302 e. The van der Waals surface area contributed by atoms with Gasteiger partial charge in [-0.1, -0.05) is 18.6 Å². The number of allylic oxidation sites excluding steroid dienone is 1. The maximum atomic E-state index is 13.0. The van der Waals surface area contributed by atoms with Crippen LogP contribution in [0.5, 0.6) is 0 Å². The Balaban J connectivity index is 1.29. The first-order chi connectivity index (χ1) is 16.4. The van der Waals surface area contributed by atoms with Crippen molar-refractivity contribution in [3.63, 3.8) is 0 Å². The molecule has 2 heterocycles. The molecule has 6 rings (SSSR count). The fourth-order valence-corrected chi connectivity index (χ4v) is 8.99. The van der Waals surface area contributed by atoms with E-state index in [4.69, 9.17) is 23.7 Å². The van der Waals surface area contributed by atoms with E-state index >= 15 is 0 Å². The number of esters is 1. The van der Waals surface area contributed by atoms with Crippen LogP contribution >= 0.6 is 0 Å². The van der Waals surface area contributed by atoms with Crippen molar-refractivity contribution in [3.8, 4) is 0 Å². The van der Waals surface area contributed by atoms with Crippen LogP contribution in [0.15, 0.2) is 11.6 Å². The molecule has 0 unspecified atom stereocenters. The van der Waals surface area contributed by atoms with Crippen LogP contribution in [-0.4, -0.2) is 56.9 Å². The normalized spacial score (nSPS) is 44.1. The third kappa shape index (κ3) is 3.23. The molecule has 0 N–H and O–H groups in total. The van der Waals surface area contributed by atoms with Crippen molar-refractivity contribution in [2.45, 2.75) is 76.8 Å². The summed E-state index contributed by atoms with van der Waals surface area (Å²) in [7, 11) is 0. The molecular weight excluding hydrogens is 436 g/mol. The standard InChI is InChI=1S/C27H38O7/c1-18(29)30-17-27(33-13-14-34-27)23-6-5-22-20-4-3-19-15-26(31-11-12-32-26)10-9-24(19,2)21(20)7-8-25(22,23)16-28/h3,16,20-23H,4-15,17H2,1-2H3/t20-,21+,22+,23+,24+,25-/m1/s1. The Kier molecular flexibility index (Phi) is 5.53. The molecule has 0 aromatic rings. The number of carbonyl (C=O) groups is 2. The van der Waals surface area contributed by atoms with Crippen LogP contribution in [0.1, 0.15) is 65.2 Å². The van der Waals surface area contributed by atoms with Crippen molar-refractivity contribution in [2.75, 3.05) is 33.0 Å². The van der Waals surface area contributed by atoms with Crippen molar-refractivity contribution in [1.29, 1.82) is 0 Å². The Morgan fingerprint density at radius 3 is 2.47 bits per heavy atom. The maximum absolute atomic E-state index is 13.0. The van der Waals surface area contributed by atoms with Gasteiger partial charge in [-0.25, -0.2) is 0 Å². The van der Waals surface area contributed by atoms with E-state index in [0.29, 0.717) is 44.2 Å². The van der Waals surface area contributed by atoms with Gasteiger partial charge in [-0.3, -0.25) is 4.79 Å². The average molecular weight is 475 g/mol. The summed E-state index contributed by atoms with van der Waals surface area (Å²) in [6, 6.07) is 0. The van der Waals surface area contributed by atoms with Gasteiger partial charge in [-0.05, 0) is 61.7 Å². The summed E-state index contributed by atoms with van der Waals surface area (Å²) in [5.74, 6) is -0.485. The molecule has 4 aliphatic carbocycles. The summed E-state index contributed by atoms with van der Waals surface area (Å²) in [6.07, 6.45) is 11.3. The lowest BCUT2D eigenvalue weighted by Gasteiger charge is -2.59. The highest BCUT2D eigenvalue weighted by molar-refractivity contribution is 5.66. The molecule has 7 heteroatoms. The first-order valence-corrected chi connectivity index (χ1v) is 13.2. The summed E-state index contributed by atoms with van der Waals surface area (Å²) in [5.41, 5.74) is 1.16. The molecule has 0 radical (unpaired) electrons. The van der Waals surface area contributed by atoms with Crippen LogP contribution in [0.2, 0.25) is 0 Å². The van der Waals surface area contributed by atoms with Gasteiger partial charge >= 0.3 is 5.97 Å². The van der Waals surface area contributed by atoms with Gasteiger partial charge in [0, 0.05) is 31.1 Å². The number of carbonyl (C=O) groups excluding carboxylic acids is 2. The minimum absolute atomic E-state index is 0.0628. The predicted molar refractivity (Wildman–Crippen MR) is 121 cm³/mol. The van der Waals surface area contributed by atoms with E-state index < -0.39 is 17.0 Å². The highest BCUT2D eigenvalue weighted by Crippen LogP contribution is 2.68. The van der Waals surface area contributed by atoms with Gasteiger partial charge in [0.1, 0.15) is 12.9 Å². The molecule has 2 saturated heterocycles. The van der Waals surface area contributed by atoms with Gasteiger partial charge in [-0.2, -0.15) is 0 Å². The van der Waals surface area contributed by atoms with Crippen LogP contribution in [0, 0.1) is 34.5 Å². The molecule has 1 spiro atoms. The summed E-state index contributed by atoms with van der Waals surface area (Å²) >= 11 is 0. The van der Waals surface area contributed by atoms with Gasteiger partial charge in [-0.15, -0.1) is 0 Å². The van der Waals surface area contributed by atoms with Crippen LogP contribution in [-0.2, 0) is 33.3 Å². The van der Waals surface area contributed by atoms with Gasteiger partial charge in [0.25, 0.3) is 0 Å². The largest absolute Gasteiger partial charge is 0.460 e. The number of aldehydes is 1. The minimum atomic E-state index is -0.998. The lowest BCUT2D eigenvalue weighted by Crippen LogP contribution is -2.57. The first kappa shape index (κ1) is 23.1. The van der Waals surface area contributed by atoms with Crippen molar-refractivity contribution in [1.82, 2.24) is 0 Å². The SMILES string of the molecule is CC(=O)OCC1([C@H]2CC[C@H]3[C@@H]4CC=C5CC6(CC[C@]5(C)[C@H]4CC[C@]23C=O)OCCO6)OCCO1. The number of rotatable bonds is 4. The lowest BCUT2D eigenvalue weighted by atomic mass is 9.46. The monoisotopic (exact) mass is 474 g/mol. The second-order valence-electron chi connectivity index (χ2n) is 11.7. The van der Waals surface area contributed by atoms with Crippen molar-refractivity contribution in [2.24, 2.45) is 34.5 Å². The minimum Gasteiger partial charge on any atom is -0.460 e. The number of hydrogen-bond acceptors (Lipinski definition) is 7. The fourth-order valence-electron chi connectivity index (χ4n) is 8.99.